The standard InChI is InChI=1S/C19H19FN2O/c20-15-7-8-16-13(10-15)5-3-9-22-19(16)18-12-21-11-14-4-1-2-6-17(14)23-18/h1-8,10-11,13,16,18-19,22H,9,12H2/q+1. The van der Waals surface area contributed by atoms with Gasteiger partial charge >= 0.3 is 0 Å². The molecule has 1 radical (unpaired) electrons. The third-order valence-electron chi connectivity index (χ3n) is 4.63. The van der Waals surface area contributed by atoms with Crippen molar-refractivity contribution < 1.29 is 9.13 Å². The molecule has 1 N–H and O–H groups in total. The molecule has 0 fully saturated rings. The first-order chi connectivity index (χ1) is 11.3. The van der Waals surface area contributed by atoms with E-state index in [0.29, 0.717) is 6.54 Å². The van der Waals surface area contributed by atoms with E-state index in [1.165, 1.54) is 0 Å². The lowest BCUT2D eigenvalue weighted by Crippen LogP contribution is -2.51. The van der Waals surface area contributed by atoms with Gasteiger partial charge in [0.1, 0.15) is 11.6 Å². The zero-order valence-electron chi connectivity index (χ0n) is 12.7. The molecular formula is C19H19FN2O+. The van der Waals surface area contributed by atoms with Crippen molar-refractivity contribution in [1.29, 1.82) is 0 Å². The zero-order chi connectivity index (χ0) is 15.6. The first kappa shape index (κ1) is 14.4. The van der Waals surface area contributed by atoms with Crippen LogP contribution in [-0.4, -0.2) is 31.4 Å². The number of nitrogens with one attached hydrogen (secondary N) is 1. The fourth-order valence-corrected chi connectivity index (χ4v) is 3.51. The molecule has 0 aromatic heterocycles. The van der Waals surface area contributed by atoms with Crippen molar-refractivity contribution in [3.05, 3.63) is 66.0 Å². The van der Waals surface area contributed by atoms with Gasteiger partial charge < -0.3 is 10.1 Å². The molecule has 4 heteroatoms. The number of fused-ring (bicyclic) bond motifs is 2. The highest BCUT2D eigenvalue weighted by Crippen LogP contribution is 2.32. The normalized spacial score (nSPS) is 32.1. The molecule has 4 atom stereocenters. The maximum absolute atomic E-state index is 13.6. The van der Waals surface area contributed by atoms with Crippen molar-refractivity contribution in [2.75, 3.05) is 13.1 Å². The Kier molecular flexibility index (Phi) is 3.83. The summed E-state index contributed by atoms with van der Waals surface area (Å²) in [5.74, 6) is 0.919. The van der Waals surface area contributed by atoms with Crippen LogP contribution < -0.4 is 15.0 Å². The highest BCUT2D eigenvalue weighted by atomic mass is 19.1. The van der Waals surface area contributed by atoms with Crippen molar-refractivity contribution in [2.24, 2.45) is 11.8 Å². The fraction of sp³-hybridized carbons (Fsp3) is 0.316. The van der Waals surface area contributed by atoms with Gasteiger partial charge in [0.25, 0.3) is 0 Å². The number of benzene rings is 1. The Morgan fingerprint density at radius 1 is 1.22 bits per heavy atom. The van der Waals surface area contributed by atoms with E-state index in [-0.39, 0.29) is 29.8 Å². The first-order valence-corrected chi connectivity index (χ1v) is 8.02. The van der Waals surface area contributed by atoms with Crippen molar-refractivity contribution in [1.82, 2.24) is 10.3 Å². The maximum Gasteiger partial charge on any atom is 0.248 e. The van der Waals surface area contributed by atoms with E-state index in [9.17, 15) is 4.39 Å². The van der Waals surface area contributed by atoms with E-state index in [0.717, 1.165) is 17.9 Å². The number of allylic oxidation sites excluding steroid dienone is 4. The van der Waals surface area contributed by atoms with Gasteiger partial charge in [-0.1, -0.05) is 30.4 Å². The van der Waals surface area contributed by atoms with Crippen LogP contribution in [0.3, 0.4) is 0 Å². The second kappa shape index (κ2) is 6.13. The SMILES string of the molecule is FC1=CC2C=CCNC(C3C[N+]=Cc4ccccc4O3)C2C=C1. The van der Waals surface area contributed by atoms with Crippen molar-refractivity contribution in [3.63, 3.8) is 0 Å². The van der Waals surface area contributed by atoms with Gasteiger partial charge in [0.15, 0.2) is 6.10 Å². The number of hydrogen-bond acceptors (Lipinski definition) is 3. The topological polar surface area (TPSA) is 35.4 Å². The molecule has 1 aromatic rings. The molecule has 4 rings (SSSR count). The minimum Gasteiger partial charge on any atom is -0.481 e. The van der Waals surface area contributed by atoms with Crippen LogP contribution >= 0.6 is 0 Å². The lowest BCUT2D eigenvalue weighted by Gasteiger charge is -2.32. The van der Waals surface area contributed by atoms with Crippen LogP contribution in [0.4, 0.5) is 4.39 Å². The van der Waals surface area contributed by atoms with Gasteiger partial charge in [0.2, 0.25) is 12.8 Å². The van der Waals surface area contributed by atoms with Gasteiger partial charge in [-0.15, -0.1) is 0 Å². The quantitative estimate of drug-likeness (QED) is 0.809. The highest BCUT2D eigenvalue weighted by molar-refractivity contribution is 5.82. The van der Waals surface area contributed by atoms with Crippen LogP contribution in [-0.2, 0) is 0 Å². The molecule has 2 heterocycles. The number of aliphatic imine (C=N–C) groups is 1. The predicted molar refractivity (Wildman–Crippen MR) is 89.3 cm³/mol. The van der Waals surface area contributed by atoms with E-state index in [2.05, 4.69) is 22.5 Å². The molecule has 4 unspecified atom stereocenters. The third kappa shape index (κ3) is 2.86. The summed E-state index contributed by atoms with van der Waals surface area (Å²) >= 11 is 0. The Bertz CT molecular complexity index is 707. The van der Waals surface area contributed by atoms with Crippen LogP contribution in [0.2, 0.25) is 0 Å². The molecule has 1 aromatic carbocycles. The summed E-state index contributed by atoms with van der Waals surface area (Å²) in [4.78, 5) is 4.53. The number of rotatable bonds is 1. The molecule has 0 amide bonds. The van der Waals surface area contributed by atoms with Crippen LogP contribution in [0.25, 0.3) is 0 Å². The number of nitrogens with zero attached hydrogens (tertiary/aromatic N) is 1. The van der Waals surface area contributed by atoms with Gasteiger partial charge in [-0.05, 0) is 24.3 Å². The minimum absolute atomic E-state index is 0.0612. The van der Waals surface area contributed by atoms with E-state index in [1.807, 2.05) is 36.6 Å². The molecule has 2 aliphatic heterocycles. The third-order valence-corrected chi connectivity index (χ3v) is 4.63. The molecule has 0 spiro atoms. The summed E-state index contributed by atoms with van der Waals surface area (Å²) in [6, 6.07) is 8.01. The minimum atomic E-state index is -0.165. The summed E-state index contributed by atoms with van der Waals surface area (Å²) in [6.45, 7) is 1.35. The number of halogens is 1. The summed E-state index contributed by atoms with van der Waals surface area (Å²) in [6.07, 6.45) is 11.1. The van der Waals surface area contributed by atoms with E-state index in [1.54, 1.807) is 12.2 Å². The lowest BCUT2D eigenvalue weighted by molar-refractivity contribution is 0.132. The second-order valence-electron chi connectivity index (χ2n) is 6.12. The molecule has 23 heavy (non-hydrogen) atoms. The molecule has 0 bridgehead atoms. The second-order valence-corrected chi connectivity index (χ2v) is 6.12. The van der Waals surface area contributed by atoms with E-state index in [4.69, 9.17) is 4.74 Å². The van der Waals surface area contributed by atoms with Crippen molar-refractivity contribution in [2.45, 2.75) is 12.1 Å². The van der Waals surface area contributed by atoms with Gasteiger partial charge in [0.05, 0.1) is 11.6 Å². The molecule has 3 aliphatic rings. The Hall–Kier alpha value is -2.20. The molecule has 1 aliphatic carbocycles. The lowest BCUT2D eigenvalue weighted by atomic mass is 9.81. The van der Waals surface area contributed by atoms with Crippen LogP contribution in [0.5, 0.6) is 5.75 Å². The predicted octanol–water partition coefficient (Wildman–Crippen LogP) is 2.39. The molecule has 3 nitrogen and oxygen atoms in total. The van der Waals surface area contributed by atoms with Gasteiger partial charge in [0, 0.05) is 23.4 Å². The van der Waals surface area contributed by atoms with Gasteiger partial charge in [-0.25, -0.2) is 4.39 Å². The number of hydrogen-bond donors (Lipinski definition) is 1. The average molecular weight is 310 g/mol. The molecule has 117 valence electrons. The van der Waals surface area contributed by atoms with Gasteiger partial charge in [-0.2, -0.15) is 0 Å². The summed E-state index contributed by atoms with van der Waals surface area (Å²) < 4.78 is 19.8. The smallest absolute Gasteiger partial charge is 0.248 e. The molecular weight excluding hydrogens is 291 g/mol. The Morgan fingerprint density at radius 2 is 2.13 bits per heavy atom. The van der Waals surface area contributed by atoms with Crippen LogP contribution in [0, 0.1) is 11.8 Å². The zero-order valence-corrected chi connectivity index (χ0v) is 12.7. The Labute approximate surface area is 135 Å². The van der Waals surface area contributed by atoms with Crippen LogP contribution in [0.15, 0.2) is 60.5 Å². The van der Waals surface area contributed by atoms with Crippen molar-refractivity contribution in [3.8, 4) is 5.75 Å². The summed E-state index contributed by atoms with van der Waals surface area (Å²) in [5, 5.41) is 3.54. The van der Waals surface area contributed by atoms with Gasteiger partial charge in [-0.3, -0.25) is 0 Å². The highest BCUT2D eigenvalue weighted by Gasteiger charge is 2.38. The first-order valence-electron chi connectivity index (χ1n) is 8.02. The molecule has 0 saturated heterocycles. The number of para-hydroxylation sites is 1. The Balaban J connectivity index is 1.62. The van der Waals surface area contributed by atoms with E-state index >= 15 is 0 Å². The van der Waals surface area contributed by atoms with Crippen LogP contribution in [0.1, 0.15) is 5.56 Å². The molecule has 0 saturated carbocycles. The summed E-state index contributed by atoms with van der Waals surface area (Å²) in [7, 11) is 0. The van der Waals surface area contributed by atoms with E-state index < -0.39 is 0 Å². The fourth-order valence-electron chi connectivity index (χ4n) is 3.51. The maximum atomic E-state index is 13.6. The largest absolute Gasteiger partial charge is 0.481 e. The summed E-state index contributed by atoms with van der Waals surface area (Å²) in [5.41, 5.74) is 1.00. The number of ether oxygens (including phenoxy) is 1. The average Bonchev–Trinajstić information content (AvgIpc) is 2.89. The Morgan fingerprint density at radius 3 is 3.09 bits per heavy atom. The van der Waals surface area contributed by atoms with Crippen molar-refractivity contribution >= 4 is 6.21 Å². The monoisotopic (exact) mass is 310 g/mol.